The molecule has 1 aliphatic heterocycles. The predicted octanol–water partition coefficient (Wildman–Crippen LogP) is -0.828. The largest absolute Gasteiger partial charge is 0.350 e. The number of aromatic nitrogens is 2. The summed E-state index contributed by atoms with van der Waals surface area (Å²) in [4.78, 5) is 16.0. The number of fused-ring (bicyclic) bond motifs is 1. The fourth-order valence-corrected chi connectivity index (χ4v) is 2.57. The van der Waals surface area contributed by atoms with Gasteiger partial charge in [0.15, 0.2) is 0 Å². The van der Waals surface area contributed by atoms with E-state index >= 15 is 0 Å². The van der Waals surface area contributed by atoms with Crippen molar-refractivity contribution in [2.24, 2.45) is 0 Å². The maximum Gasteiger partial charge on any atom is 0.235 e. The molecule has 2 N–H and O–H groups in total. The number of sulfonamides is 1. The van der Waals surface area contributed by atoms with Gasteiger partial charge in [0.2, 0.25) is 15.9 Å². The second-order valence-electron chi connectivity index (χ2n) is 4.85. The molecule has 1 unspecified atom stereocenters. The van der Waals surface area contributed by atoms with E-state index in [-0.39, 0.29) is 18.5 Å². The summed E-state index contributed by atoms with van der Waals surface area (Å²) in [7, 11) is -3.33. The summed E-state index contributed by atoms with van der Waals surface area (Å²) in [5, 5.41) is 2.83. The maximum atomic E-state index is 11.6. The van der Waals surface area contributed by atoms with Crippen molar-refractivity contribution >= 4 is 15.9 Å². The lowest BCUT2D eigenvalue weighted by Crippen LogP contribution is -2.45. The number of carbonyl (C=O) groups excluding carboxylic acids is 1. The number of nitrogens with one attached hydrogen (secondary N) is 2. The highest BCUT2D eigenvalue weighted by Crippen LogP contribution is 2.14. The Balaban J connectivity index is 1.86. The lowest BCUT2D eigenvalue weighted by Gasteiger charge is -2.24. The van der Waals surface area contributed by atoms with E-state index in [1.54, 1.807) is 0 Å². The van der Waals surface area contributed by atoms with Crippen molar-refractivity contribution in [3.63, 3.8) is 0 Å². The summed E-state index contributed by atoms with van der Waals surface area (Å²) in [6.45, 7) is 2.40. The van der Waals surface area contributed by atoms with E-state index in [9.17, 15) is 13.2 Å². The van der Waals surface area contributed by atoms with Gasteiger partial charge in [-0.15, -0.1) is 0 Å². The molecule has 1 aromatic heterocycles. The lowest BCUT2D eigenvalue weighted by atomic mass is 10.1. The summed E-state index contributed by atoms with van der Waals surface area (Å²) in [5.41, 5.74) is 0.973. The van der Waals surface area contributed by atoms with Crippen LogP contribution in [0, 0.1) is 6.92 Å². The summed E-state index contributed by atoms with van der Waals surface area (Å²) in [5.74, 6) is 0.730. The zero-order chi connectivity index (χ0) is 14.0. The number of hydrogen-bond acceptors (Lipinski definition) is 4. The highest BCUT2D eigenvalue weighted by atomic mass is 32.2. The summed E-state index contributed by atoms with van der Waals surface area (Å²) in [6.07, 6.45) is 4.63. The van der Waals surface area contributed by atoms with Crippen molar-refractivity contribution in [2.45, 2.75) is 32.4 Å². The van der Waals surface area contributed by atoms with E-state index in [1.807, 2.05) is 17.7 Å². The van der Waals surface area contributed by atoms with Gasteiger partial charge in [0.25, 0.3) is 0 Å². The van der Waals surface area contributed by atoms with Gasteiger partial charge in [-0.05, 0) is 13.3 Å². The highest BCUT2D eigenvalue weighted by Gasteiger charge is 2.21. The first-order valence-corrected chi connectivity index (χ1v) is 7.99. The zero-order valence-electron chi connectivity index (χ0n) is 11.0. The Bertz CT molecular complexity index is 579. The SMILES string of the molecule is Cc1cn2c(n1)CCC(NC(=O)CNS(C)(=O)=O)C2. The van der Waals surface area contributed by atoms with Gasteiger partial charge in [-0.25, -0.2) is 18.1 Å². The van der Waals surface area contributed by atoms with E-state index < -0.39 is 10.0 Å². The molecule has 2 rings (SSSR count). The minimum absolute atomic E-state index is 0.0231. The standard InChI is InChI=1S/C11H18N4O3S/c1-8-6-15-7-9(3-4-10(15)13-8)14-11(16)5-12-19(2,17)18/h6,9,12H,3-5,7H2,1-2H3,(H,14,16). The van der Waals surface area contributed by atoms with Gasteiger partial charge < -0.3 is 9.88 Å². The number of carbonyl (C=O) groups is 1. The van der Waals surface area contributed by atoms with Crippen molar-refractivity contribution in [3.05, 3.63) is 17.7 Å². The molecule has 1 amide bonds. The molecule has 0 radical (unpaired) electrons. The lowest BCUT2D eigenvalue weighted by molar-refractivity contribution is -0.120. The first-order valence-electron chi connectivity index (χ1n) is 6.10. The fourth-order valence-electron chi connectivity index (χ4n) is 2.18. The smallest absolute Gasteiger partial charge is 0.235 e. The molecule has 0 bridgehead atoms. The van der Waals surface area contributed by atoms with E-state index in [0.29, 0.717) is 6.54 Å². The van der Waals surface area contributed by atoms with Crippen LogP contribution in [0.15, 0.2) is 6.20 Å². The molecular weight excluding hydrogens is 268 g/mol. The second kappa shape index (κ2) is 5.30. The molecule has 1 aliphatic rings. The van der Waals surface area contributed by atoms with Gasteiger partial charge in [0.1, 0.15) is 5.82 Å². The van der Waals surface area contributed by atoms with Gasteiger partial charge in [-0.3, -0.25) is 4.79 Å². The van der Waals surface area contributed by atoms with Crippen molar-refractivity contribution in [3.8, 4) is 0 Å². The Labute approximate surface area is 112 Å². The quantitative estimate of drug-likeness (QED) is 0.755. The van der Waals surface area contributed by atoms with Crippen molar-refractivity contribution in [1.82, 2.24) is 19.6 Å². The molecule has 0 aromatic carbocycles. The van der Waals surface area contributed by atoms with Crippen LogP contribution in [-0.4, -0.2) is 42.7 Å². The number of nitrogens with zero attached hydrogens (tertiary/aromatic N) is 2. The van der Waals surface area contributed by atoms with E-state index in [0.717, 1.165) is 30.6 Å². The number of amides is 1. The molecular formula is C11H18N4O3S. The Morgan fingerprint density at radius 1 is 1.58 bits per heavy atom. The Hall–Kier alpha value is -1.41. The van der Waals surface area contributed by atoms with Gasteiger partial charge in [0.05, 0.1) is 18.5 Å². The van der Waals surface area contributed by atoms with Crippen LogP contribution < -0.4 is 10.0 Å². The van der Waals surface area contributed by atoms with Crippen molar-refractivity contribution < 1.29 is 13.2 Å². The summed E-state index contributed by atoms with van der Waals surface area (Å²) in [6, 6.07) is 0.0231. The van der Waals surface area contributed by atoms with Gasteiger partial charge >= 0.3 is 0 Å². The molecule has 0 saturated heterocycles. The van der Waals surface area contributed by atoms with Crippen LogP contribution >= 0.6 is 0 Å². The Kier molecular flexibility index (Phi) is 3.91. The molecule has 1 aromatic rings. The molecule has 0 aliphatic carbocycles. The third-order valence-electron chi connectivity index (χ3n) is 2.97. The molecule has 2 heterocycles. The van der Waals surface area contributed by atoms with E-state index in [1.165, 1.54) is 0 Å². The van der Waals surface area contributed by atoms with Crippen LogP contribution in [0.5, 0.6) is 0 Å². The zero-order valence-corrected chi connectivity index (χ0v) is 11.8. The van der Waals surface area contributed by atoms with Crippen LogP contribution in [0.4, 0.5) is 0 Å². The van der Waals surface area contributed by atoms with Crippen LogP contribution in [0.2, 0.25) is 0 Å². The third-order valence-corrected chi connectivity index (χ3v) is 3.64. The number of imidazole rings is 1. The average molecular weight is 286 g/mol. The van der Waals surface area contributed by atoms with Gasteiger partial charge in [0, 0.05) is 25.2 Å². The molecule has 1 atom stereocenters. The highest BCUT2D eigenvalue weighted by molar-refractivity contribution is 7.88. The van der Waals surface area contributed by atoms with Crippen LogP contribution in [0.25, 0.3) is 0 Å². The Morgan fingerprint density at radius 2 is 2.32 bits per heavy atom. The number of hydrogen-bond donors (Lipinski definition) is 2. The van der Waals surface area contributed by atoms with Crippen molar-refractivity contribution in [1.29, 1.82) is 0 Å². The normalized spacial score (nSPS) is 18.9. The fraction of sp³-hybridized carbons (Fsp3) is 0.636. The first kappa shape index (κ1) is 14.0. The predicted molar refractivity (Wildman–Crippen MR) is 70.1 cm³/mol. The molecule has 0 saturated carbocycles. The van der Waals surface area contributed by atoms with Crippen LogP contribution in [0.3, 0.4) is 0 Å². The molecule has 19 heavy (non-hydrogen) atoms. The Morgan fingerprint density at radius 3 is 3.00 bits per heavy atom. The summed E-state index contributed by atoms with van der Waals surface area (Å²) < 4.78 is 26.0. The molecule has 106 valence electrons. The minimum Gasteiger partial charge on any atom is -0.350 e. The first-order chi connectivity index (χ1) is 8.83. The topological polar surface area (TPSA) is 93.1 Å². The van der Waals surface area contributed by atoms with Crippen molar-refractivity contribution in [2.75, 3.05) is 12.8 Å². The molecule has 8 heteroatoms. The van der Waals surface area contributed by atoms with Gasteiger partial charge in [-0.1, -0.05) is 0 Å². The molecule has 0 fully saturated rings. The van der Waals surface area contributed by atoms with Crippen LogP contribution in [-0.2, 0) is 27.8 Å². The average Bonchev–Trinajstić information content (AvgIpc) is 2.65. The number of rotatable bonds is 4. The van der Waals surface area contributed by atoms with Crippen LogP contribution in [0.1, 0.15) is 17.9 Å². The second-order valence-corrected chi connectivity index (χ2v) is 6.68. The molecule has 7 nitrogen and oxygen atoms in total. The minimum atomic E-state index is -3.33. The third kappa shape index (κ3) is 4.03. The molecule has 0 spiro atoms. The number of aryl methyl sites for hydroxylation is 2. The van der Waals surface area contributed by atoms with Gasteiger partial charge in [-0.2, -0.15) is 0 Å². The van der Waals surface area contributed by atoms with E-state index in [2.05, 4.69) is 15.0 Å². The monoisotopic (exact) mass is 286 g/mol. The summed E-state index contributed by atoms with van der Waals surface area (Å²) >= 11 is 0. The maximum absolute atomic E-state index is 11.6. The van der Waals surface area contributed by atoms with E-state index in [4.69, 9.17) is 0 Å².